The van der Waals surface area contributed by atoms with Crippen LogP contribution >= 0.6 is 0 Å². The molecule has 2 aromatic rings. The second-order valence-electron chi connectivity index (χ2n) is 6.04. The Kier molecular flexibility index (Phi) is 4.36. The van der Waals surface area contributed by atoms with Gasteiger partial charge in [0.2, 0.25) is 0 Å². The standard InChI is InChI=1S/C17H21NO3/c1-12-8-13(11-18-16(19)21-17(2,3)4)10-14(9-12)15-6-5-7-20-15/h5-10H,11H2,1-4H3,(H,18,19). The summed E-state index contributed by atoms with van der Waals surface area (Å²) in [4.78, 5) is 11.7. The fourth-order valence-corrected chi connectivity index (χ4v) is 2.04. The summed E-state index contributed by atoms with van der Waals surface area (Å²) in [5.41, 5.74) is 2.63. The monoisotopic (exact) mass is 287 g/mol. The van der Waals surface area contributed by atoms with Crippen molar-refractivity contribution < 1.29 is 13.9 Å². The number of alkyl carbamates (subject to hydrolysis) is 1. The molecule has 0 radical (unpaired) electrons. The van der Waals surface area contributed by atoms with Gasteiger partial charge in [-0.05, 0) is 57.5 Å². The van der Waals surface area contributed by atoms with E-state index in [-0.39, 0.29) is 0 Å². The molecule has 1 amide bonds. The van der Waals surface area contributed by atoms with Gasteiger partial charge in [0.1, 0.15) is 11.4 Å². The summed E-state index contributed by atoms with van der Waals surface area (Å²) in [6, 6.07) is 9.86. The number of hydrogen-bond donors (Lipinski definition) is 1. The summed E-state index contributed by atoms with van der Waals surface area (Å²) in [6.45, 7) is 7.96. The van der Waals surface area contributed by atoms with E-state index in [9.17, 15) is 4.79 Å². The highest BCUT2D eigenvalue weighted by Gasteiger charge is 2.15. The van der Waals surface area contributed by atoms with Crippen molar-refractivity contribution in [2.75, 3.05) is 0 Å². The van der Waals surface area contributed by atoms with Gasteiger partial charge >= 0.3 is 6.09 Å². The zero-order chi connectivity index (χ0) is 15.5. The van der Waals surface area contributed by atoms with Crippen LogP contribution in [-0.4, -0.2) is 11.7 Å². The fourth-order valence-electron chi connectivity index (χ4n) is 2.04. The largest absolute Gasteiger partial charge is 0.464 e. The lowest BCUT2D eigenvalue weighted by Crippen LogP contribution is -2.32. The molecule has 0 saturated carbocycles. The molecule has 1 N–H and O–H groups in total. The van der Waals surface area contributed by atoms with Crippen molar-refractivity contribution in [2.24, 2.45) is 0 Å². The Morgan fingerprint density at radius 3 is 2.67 bits per heavy atom. The Hall–Kier alpha value is -2.23. The van der Waals surface area contributed by atoms with Crippen molar-refractivity contribution >= 4 is 6.09 Å². The van der Waals surface area contributed by atoms with Gasteiger partial charge in [-0.2, -0.15) is 0 Å². The first-order valence-electron chi connectivity index (χ1n) is 6.95. The van der Waals surface area contributed by atoms with Crippen LogP contribution in [0.4, 0.5) is 4.79 Å². The molecule has 0 atom stereocenters. The fraction of sp³-hybridized carbons (Fsp3) is 0.353. The van der Waals surface area contributed by atoms with Crippen LogP contribution in [0, 0.1) is 6.92 Å². The van der Waals surface area contributed by atoms with Crippen LogP contribution in [0.3, 0.4) is 0 Å². The van der Waals surface area contributed by atoms with E-state index in [0.29, 0.717) is 6.54 Å². The summed E-state index contributed by atoms with van der Waals surface area (Å²) in [5, 5.41) is 2.76. The van der Waals surface area contributed by atoms with Gasteiger partial charge in [-0.3, -0.25) is 0 Å². The lowest BCUT2D eigenvalue weighted by Gasteiger charge is -2.19. The Balaban J connectivity index is 2.06. The third-order valence-electron chi connectivity index (χ3n) is 2.78. The predicted octanol–water partition coefficient (Wildman–Crippen LogP) is 4.28. The van der Waals surface area contributed by atoms with Gasteiger partial charge < -0.3 is 14.5 Å². The molecule has 0 aliphatic carbocycles. The lowest BCUT2D eigenvalue weighted by molar-refractivity contribution is 0.0523. The maximum atomic E-state index is 11.7. The van der Waals surface area contributed by atoms with Gasteiger partial charge in [-0.1, -0.05) is 11.6 Å². The molecule has 112 valence electrons. The Bertz CT molecular complexity index is 609. The highest BCUT2D eigenvalue weighted by atomic mass is 16.6. The average molecular weight is 287 g/mol. The van der Waals surface area contributed by atoms with Crippen LogP contribution < -0.4 is 5.32 Å². The molecule has 2 rings (SSSR count). The minimum absolute atomic E-state index is 0.413. The van der Waals surface area contributed by atoms with Crippen LogP contribution in [0.25, 0.3) is 11.3 Å². The smallest absolute Gasteiger partial charge is 0.407 e. The van der Waals surface area contributed by atoms with E-state index in [0.717, 1.165) is 22.5 Å². The van der Waals surface area contributed by atoms with Crippen molar-refractivity contribution in [1.29, 1.82) is 0 Å². The minimum Gasteiger partial charge on any atom is -0.464 e. The second kappa shape index (κ2) is 6.04. The molecule has 0 saturated heterocycles. The van der Waals surface area contributed by atoms with E-state index in [1.807, 2.05) is 52.0 Å². The number of aryl methyl sites for hydroxylation is 1. The topological polar surface area (TPSA) is 51.5 Å². The quantitative estimate of drug-likeness (QED) is 0.916. The summed E-state index contributed by atoms with van der Waals surface area (Å²) in [5.74, 6) is 0.817. The van der Waals surface area contributed by atoms with Gasteiger partial charge in [0.05, 0.1) is 6.26 Å². The van der Waals surface area contributed by atoms with Gasteiger partial charge in [0.25, 0.3) is 0 Å². The van der Waals surface area contributed by atoms with Crippen LogP contribution in [0.2, 0.25) is 0 Å². The van der Waals surface area contributed by atoms with E-state index in [1.165, 1.54) is 0 Å². The van der Waals surface area contributed by atoms with Gasteiger partial charge in [0.15, 0.2) is 0 Å². The first kappa shape index (κ1) is 15.2. The molecule has 0 aliphatic rings. The number of carbonyl (C=O) groups is 1. The summed E-state index contributed by atoms with van der Waals surface area (Å²) < 4.78 is 10.6. The van der Waals surface area contributed by atoms with Crippen LogP contribution in [-0.2, 0) is 11.3 Å². The number of rotatable bonds is 3. The average Bonchev–Trinajstić information content (AvgIpc) is 2.87. The first-order valence-corrected chi connectivity index (χ1v) is 6.95. The Labute approximate surface area is 125 Å². The van der Waals surface area contributed by atoms with Crippen LogP contribution in [0.15, 0.2) is 41.0 Å². The SMILES string of the molecule is Cc1cc(CNC(=O)OC(C)(C)C)cc(-c2ccco2)c1. The number of benzene rings is 1. The van der Waals surface area contributed by atoms with Gasteiger partial charge in [-0.15, -0.1) is 0 Å². The zero-order valence-corrected chi connectivity index (χ0v) is 12.9. The predicted molar refractivity (Wildman–Crippen MR) is 82.0 cm³/mol. The number of furan rings is 1. The highest BCUT2D eigenvalue weighted by Crippen LogP contribution is 2.22. The molecule has 1 aromatic heterocycles. The Morgan fingerprint density at radius 1 is 1.29 bits per heavy atom. The van der Waals surface area contributed by atoms with Gasteiger partial charge in [0, 0.05) is 12.1 Å². The summed E-state index contributed by atoms with van der Waals surface area (Å²) in [6.07, 6.45) is 1.24. The third-order valence-corrected chi connectivity index (χ3v) is 2.78. The molecule has 1 aromatic carbocycles. The molecule has 0 fully saturated rings. The molecule has 0 spiro atoms. The molecule has 1 heterocycles. The Morgan fingerprint density at radius 2 is 2.05 bits per heavy atom. The lowest BCUT2D eigenvalue weighted by atomic mass is 10.0. The molecular weight excluding hydrogens is 266 g/mol. The minimum atomic E-state index is -0.490. The molecule has 0 unspecified atom stereocenters. The number of nitrogens with one attached hydrogen (secondary N) is 1. The van der Waals surface area contributed by atoms with Crippen molar-refractivity contribution in [1.82, 2.24) is 5.32 Å². The molecule has 0 aliphatic heterocycles. The molecule has 4 nitrogen and oxygen atoms in total. The van der Waals surface area contributed by atoms with E-state index in [1.54, 1.807) is 6.26 Å². The van der Waals surface area contributed by atoms with Crippen molar-refractivity contribution in [3.05, 3.63) is 47.7 Å². The van der Waals surface area contributed by atoms with E-state index in [4.69, 9.17) is 9.15 Å². The zero-order valence-electron chi connectivity index (χ0n) is 12.9. The molecule has 21 heavy (non-hydrogen) atoms. The molecular formula is C17H21NO3. The van der Waals surface area contributed by atoms with Crippen LogP contribution in [0.5, 0.6) is 0 Å². The highest BCUT2D eigenvalue weighted by molar-refractivity contribution is 5.68. The van der Waals surface area contributed by atoms with E-state index < -0.39 is 11.7 Å². The van der Waals surface area contributed by atoms with Crippen molar-refractivity contribution in [3.63, 3.8) is 0 Å². The van der Waals surface area contributed by atoms with Crippen molar-refractivity contribution in [2.45, 2.75) is 39.8 Å². The number of amides is 1. The molecule has 0 bridgehead atoms. The number of carbonyl (C=O) groups excluding carboxylic acids is 1. The van der Waals surface area contributed by atoms with E-state index in [2.05, 4.69) is 11.4 Å². The van der Waals surface area contributed by atoms with E-state index >= 15 is 0 Å². The number of hydrogen-bond acceptors (Lipinski definition) is 3. The maximum absolute atomic E-state index is 11.7. The normalized spacial score (nSPS) is 11.2. The van der Waals surface area contributed by atoms with Crippen LogP contribution in [0.1, 0.15) is 31.9 Å². The van der Waals surface area contributed by atoms with Gasteiger partial charge in [-0.25, -0.2) is 4.79 Å². The molecule has 4 heteroatoms. The third kappa shape index (κ3) is 4.67. The second-order valence-corrected chi connectivity index (χ2v) is 6.04. The summed E-state index contributed by atoms with van der Waals surface area (Å²) in [7, 11) is 0. The summed E-state index contributed by atoms with van der Waals surface area (Å²) >= 11 is 0. The van der Waals surface area contributed by atoms with Crippen molar-refractivity contribution in [3.8, 4) is 11.3 Å². The number of ether oxygens (including phenoxy) is 1. The maximum Gasteiger partial charge on any atom is 0.407 e. The first-order chi connectivity index (χ1) is 9.83.